The van der Waals surface area contributed by atoms with Crippen LogP contribution in [0.15, 0.2) is 35.0 Å². The molecular weight excluding hydrogens is 406 g/mol. The third kappa shape index (κ3) is 8.87. The molecule has 0 saturated carbocycles. The Hall–Kier alpha value is -2.06. The molecule has 0 aromatic carbocycles. The first-order chi connectivity index (χ1) is 14.0. The van der Waals surface area contributed by atoms with E-state index >= 15 is 0 Å². The summed E-state index contributed by atoms with van der Waals surface area (Å²) in [6.45, 7) is 7.10. The summed E-state index contributed by atoms with van der Waals surface area (Å²) < 4.78 is 5.62. The average molecular weight is 438 g/mol. The molecule has 2 aromatic heterocycles. The molecule has 2 aromatic rings. The van der Waals surface area contributed by atoms with E-state index in [2.05, 4.69) is 17.6 Å². The maximum absolute atomic E-state index is 12.8. The largest absolute Gasteiger partial charge is 0.447 e. The second-order valence-electron chi connectivity index (χ2n) is 7.20. The van der Waals surface area contributed by atoms with E-state index in [0.717, 1.165) is 29.0 Å². The van der Waals surface area contributed by atoms with E-state index in [9.17, 15) is 9.59 Å². The van der Waals surface area contributed by atoms with Gasteiger partial charge in [0.15, 0.2) is 0 Å². The van der Waals surface area contributed by atoms with Crippen LogP contribution < -0.4 is 10.6 Å². The maximum Gasteiger partial charge on any atom is 0.410 e. The summed E-state index contributed by atoms with van der Waals surface area (Å²) in [5.41, 5.74) is 0. The zero-order valence-electron chi connectivity index (χ0n) is 17.3. The molecule has 0 spiro atoms. The van der Waals surface area contributed by atoms with Crippen LogP contribution in [0.5, 0.6) is 0 Å². The molecule has 0 aliphatic rings. The van der Waals surface area contributed by atoms with Crippen LogP contribution in [-0.4, -0.2) is 35.7 Å². The Morgan fingerprint density at radius 3 is 2.17 bits per heavy atom. The average Bonchev–Trinajstić information content (AvgIpc) is 3.36. The Labute approximate surface area is 181 Å². The highest BCUT2D eigenvalue weighted by Crippen LogP contribution is 2.18. The molecule has 1 atom stereocenters. The van der Waals surface area contributed by atoms with Crippen molar-refractivity contribution in [1.29, 1.82) is 0 Å². The minimum Gasteiger partial charge on any atom is -0.447 e. The fourth-order valence-electron chi connectivity index (χ4n) is 2.77. The van der Waals surface area contributed by atoms with Gasteiger partial charge >= 0.3 is 12.1 Å². The second-order valence-corrected chi connectivity index (χ2v) is 9.27. The maximum atomic E-state index is 12.8. The van der Waals surface area contributed by atoms with Gasteiger partial charge in [-0.05, 0) is 43.2 Å². The van der Waals surface area contributed by atoms with Crippen molar-refractivity contribution < 1.29 is 14.3 Å². The summed E-state index contributed by atoms with van der Waals surface area (Å²) in [4.78, 5) is 28.8. The van der Waals surface area contributed by atoms with Gasteiger partial charge in [0, 0.05) is 15.8 Å². The molecule has 0 radical (unpaired) electrons. The van der Waals surface area contributed by atoms with Gasteiger partial charge in [0.2, 0.25) is 0 Å². The Bertz CT molecular complexity index is 681. The van der Waals surface area contributed by atoms with Crippen molar-refractivity contribution in [2.75, 3.05) is 6.61 Å². The van der Waals surface area contributed by atoms with Crippen LogP contribution in [-0.2, 0) is 17.8 Å². The van der Waals surface area contributed by atoms with Crippen LogP contribution in [0.25, 0.3) is 0 Å². The quantitative estimate of drug-likeness (QED) is 0.507. The lowest BCUT2D eigenvalue weighted by Crippen LogP contribution is -2.47. The fraction of sp³-hybridized carbons (Fsp3) is 0.524. The molecule has 0 unspecified atom stereocenters. The van der Waals surface area contributed by atoms with Crippen molar-refractivity contribution in [2.45, 2.75) is 65.2 Å². The highest BCUT2D eigenvalue weighted by atomic mass is 32.1. The molecule has 0 aliphatic carbocycles. The van der Waals surface area contributed by atoms with Crippen LogP contribution in [0.4, 0.5) is 9.59 Å². The number of thiophene rings is 2. The normalized spacial score (nSPS) is 11.9. The molecule has 29 heavy (non-hydrogen) atoms. The third-order valence-electron chi connectivity index (χ3n) is 4.18. The number of urea groups is 1. The summed E-state index contributed by atoms with van der Waals surface area (Å²) in [6, 6.07) is 7.60. The minimum atomic E-state index is -0.362. The molecule has 0 fully saturated rings. The Balaban J connectivity index is 1.95. The SMILES string of the molecule is CCCC[C@@H](COC(=O)N(Cc1cccs1)Cc1cccs1)NC(=O)NC(C)C. The fourth-order valence-corrected chi connectivity index (χ4v) is 4.21. The van der Waals surface area contributed by atoms with Gasteiger partial charge in [-0.25, -0.2) is 9.59 Å². The number of carbonyl (C=O) groups excluding carboxylic acids is 2. The predicted molar refractivity (Wildman–Crippen MR) is 119 cm³/mol. The molecule has 2 N–H and O–H groups in total. The smallest absolute Gasteiger partial charge is 0.410 e. The lowest BCUT2D eigenvalue weighted by Gasteiger charge is -2.24. The molecule has 6 nitrogen and oxygen atoms in total. The molecule has 2 heterocycles. The molecule has 2 rings (SSSR count). The van der Waals surface area contributed by atoms with Gasteiger partial charge in [-0.1, -0.05) is 31.9 Å². The van der Waals surface area contributed by atoms with E-state index in [1.54, 1.807) is 27.6 Å². The van der Waals surface area contributed by atoms with Crippen molar-refractivity contribution in [2.24, 2.45) is 0 Å². The van der Waals surface area contributed by atoms with Gasteiger partial charge in [0.05, 0.1) is 19.1 Å². The molecule has 8 heteroatoms. The topological polar surface area (TPSA) is 70.7 Å². The zero-order chi connectivity index (χ0) is 21.1. The number of nitrogens with zero attached hydrogens (tertiary/aromatic N) is 1. The number of ether oxygens (including phenoxy) is 1. The van der Waals surface area contributed by atoms with Crippen LogP contribution >= 0.6 is 22.7 Å². The molecule has 0 aliphatic heterocycles. The van der Waals surface area contributed by atoms with Crippen LogP contribution in [0.3, 0.4) is 0 Å². The van der Waals surface area contributed by atoms with E-state index in [0.29, 0.717) is 13.1 Å². The first kappa shape index (κ1) is 23.2. The summed E-state index contributed by atoms with van der Waals surface area (Å²) in [7, 11) is 0. The number of unbranched alkanes of at least 4 members (excludes halogenated alkanes) is 1. The highest BCUT2D eigenvalue weighted by Gasteiger charge is 2.20. The minimum absolute atomic E-state index is 0.0523. The van der Waals surface area contributed by atoms with Gasteiger partial charge in [-0.3, -0.25) is 4.90 Å². The summed E-state index contributed by atoms with van der Waals surface area (Å²) in [5.74, 6) is 0. The molecule has 0 bridgehead atoms. The number of hydrogen-bond acceptors (Lipinski definition) is 5. The van der Waals surface area contributed by atoms with Crippen molar-refractivity contribution in [3.63, 3.8) is 0 Å². The van der Waals surface area contributed by atoms with Crippen molar-refractivity contribution in [3.05, 3.63) is 44.8 Å². The van der Waals surface area contributed by atoms with Crippen molar-refractivity contribution in [3.8, 4) is 0 Å². The summed E-state index contributed by atoms with van der Waals surface area (Å²) >= 11 is 3.24. The first-order valence-corrected chi connectivity index (χ1v) is 11.8. The van der Waals surface area contributed by atoms with Gasteiger partial charge in [-0.2, -0.15) is 0 Å². The molecule has 0 saturated heterocycles. The Kier molecular flexibility index (Phi) is 10.0. The van der Waals surface area contributed by atoms with Crippen LogP contribution in [0.1, 0.15) is 49.8 Å². The first-order valence-electron chi connectivity index (χ1n) is 10.0. The van der Waals surface area contributed by atoms with Crippen molar-refractivity contribution >= 4 is 34.8 Å². The van der Waals surface area contributed by atoms with Gasteiger partial charge < -0.3 is 15.4 Å². The number of rotatable bonds is 11. The van der Waals surface area contributed by atoms with Crippen molar-refractivity contribution in [1.82, 2.24) is 15.5 Å². The number of nitrogens with one attached hydrogen (secondary N) is 2. The van der Waals surface area contributed by atoms with E-state index < -0.39 is 0 Å². The Morgan fingerprint density at radius 2 is 1.69 bits per heavy atom. The third-order valence-corrected chi connectivity index (χ3v) is 5.90. The van der Waals surface area contributed by atoms with E-state index in [-0.39, 0.29) is 30.8 Å². The predicted octanol–water partition coefficient (Wildman–Crippen LogP) is 5.21. The lowest BCUT2D eigenvalue weighted by atomic mass is 10.1. The van der Waals surface area contributed by atoms with Crippen LogP contribution in [0.2, 0.25) is 0 Å². The zero-order valence-corrected chi connectivity index (χ0v) is 19.0. The summed E-state index contributed by atoms with van der Waals surface area (Å²) in [6.07, 6.45) is 2.38. The molecular formula is C21H31N3O3S2. The summed E-state index contributed by atoms with van der Waals surface area (Å²) in [5, 5.41) is 9.75. The van der Waals surface area contributed by atoms with E-state index in [1.807, 2.05) is 48.9 Å². The Morgan fingerprint density at radius 1 is 1.07 bits per heavy atom. The van der Waals surface area contributed by atoms with Gasteiger partial charge in [-0.15, -0.1) is 22.7 Å². The molecule has 3 amide bonds. The number of carbonyl (C=O) groups is 2. The van der Waals surface area contributed by atoms with E-state index in [4.69, 9.17) is 4.74 Å². The number of hydrogen-bond donors (Lipinski definition) is 2. The van der Waals surface area contributed by atoms with E-state index in [1.165, 1.54) is 0 Å². The lowest BCUT2D eigenvalue weighted by molar-refractivity contribution is 0.0880. The monoisotopic (exact) mass is 437 g/mol. The van der Waals surface area contributed by atoms with Crippen LogP contribution in [0, 0.1) is 0 Å². The standard InChI is InChI=1S/C21H31N3O3S2/c1-4-5-8-17(23-20(25)22-16(2)3)15-27-21(26)24(13-18-9-6-11-28-18)14-19-10-7-12-29-19/h6-7,9-12,16-17H,4-5,8,13-15H2,1-3H3,(H2,22,23,25)/t17-/m0/s1. The number of amides is 3. The molecule has 160 valence electrons. The van der Waals surface area contributed by atoms with Gasteiger partial charge in [0.25, 0.3) is 0 Å². The second kappa shape index (κ2) is 12.5. The van der Waals surface area contributed by atoms with Gasteiger partial charge in [0.1, 0.15) is 6.61 Å². The highest BCUT2D eigenvalue weighted by molar-refractivity contribution is 7.10.